The third kappa shape index (κ3) is 7.89. The predicted molar refractivity (Wildman–Crippen MR) is 117 cm³/mol. The number of nitrogens with two attached hydrogens (primary N) is 1. The first-order chi connectivity index (χ1) is 13.7. The van der Waals surface area contributed by atoms with Gasteiger partial charge in [-0.1, -0.05) is 44.2 Å². The van der Waals surface area contributed by atoms with Crippen LogP contribution in [0.5, 0.6) is 11.5 Å². The van der Waals surface area contributed by atoms with E-state index in [-0.39, 0.29) is 17.6 Å². The highest BCUT2D eigenvalue weighted by atomic mass is 32.2. The molecule has 4 N–H and O–H groups in total. The Morgan fingerprint density at radius 1 is 1.21 bits per heavy atom. The van der Waals surface area contributed by atoms with Crippen LogP contribution in [0.25, 0.3) is 0 Å². The molecule has 0 fully saturated rings. The quantitative estimate of drug-likeness (QED) is 0.605. The van der Waals surface area contributed by atoms with E-state index in [0.29, 0.717) is 12.2 Å². The molecule has 6 nitrogen and oxygen atoms in total. The van der Waals surface area contributed by atoms with Gasteiger partial charge in [0.15, 0.2) is 6.23 Å². The smallest absolute Gasteiger partial charge is 0.265 e. The second kappa shape index (κ2) is 10.9. The van der Waals surface area contributed by atoms with E-state index in [9.17, 15) is 8.42 Å². The molecule has 3 rings (SSSR count). The highest BCUT2D eigenvalue weighted by Crippen LogP contribution is 2.36. The fraction of sp³-hybridized carbons (Fsp3) is 0.429. The van der Waals surface area contributed by atoms with Gasteiger partial charge >= 0.3 is 0 Å². The van der Waals surface area contributed by atoms with Crippen molar-refractivity contribution in [1.82, 2.24) is 0 Å². The third-order valence-corrected chi connectivity index (χ3v) is 6.84. The summed E-state index contributed by atoms with van der Waals surface area (Å²) in [4.78, 5) is 1.05. The third-order valence-electron chi connectivity index (χ3n) is 4.60. The van der Waals surface area contributed by atoms with Crippen LogP contribution in [0, 0.1) is 11.8 Å². The Morgan fingerprint density at radius 2 is 1.86 bits per heavy atom. The van der Waals surface area contributed by atoms with Crippen LogP contribution in [0.15, 0.2) is 53.4 Å². The number of benzene rings is 2. The van der Waals surface area contributed by atoms with Gasteiger partial charge in [-0.2, -0.15) is 8.42 Å². The molecule has 0 aliphatic carbocycles. The largest absolute Gasteiger partial charge is 0.508 e. The van der Waals surface area contributed by atoms with Crippen molar-refractivity contribution < 1.29 is 22.8 Å². The van der Waals surface area contributed by atoms with E-state index in [1.807, 2.05) is 49.4 Å². The van der Waals surface area contributed by atoms with Gasteiger partial charge in [-0.05, 0) is 42.5 Å². The van der Waals surface area contributed by atoms with Gasteiger partial charge in [-0.25, -0.2) is 0 Å². The molecule has 8 heteroatoms. The van der Waals surface area contributed by atoms with Gasteiger partial charge in [0.25, 0.3) is 10.1 Å². The summed E-state index contributed by atoms with van der Waals surface area (Å²) in [5.74, 6) is 1.59. The summed E-state index contributed by atoms with van der Waals surface area (Å²) >= 11 is 1.66. The van der Waals surface area contributed by atoms with Crippen molar-refractivity contribution in [2.75, 3.05) is 11.5 Å². The van der Waals surface area contributed by atoms with E-state index < -0.39 is 16.3 Å². The molecule has 0 saturated heterocycles. The summed E-state index contributed by atoms with van der Waals surface area (Å²) in [5, 5.41) is 9.11. The van der Waals surface area contributed by atoms with Crippen molar-refractivity contribution in [2.24, 2.45) is 17.6 Å². The Bertz CT molecular complexity index is 888. The average molecular weight is 440 g/mol. The molecular formula is C21H29NO5S2. The molecule has 0 bridgehead atoms. The van der Waals surface area contributed by atoms with Crippen molar-refractivity contribution >= 4 is 21.9 Å². The zero-order valence-corrected chi connectivity index (χ0v) is 18.3. The van der Waals surface area contributed by atoms with Gasteiger partial charge in [0.05, 0.1) is 5.75 Å². The minimum atomic E-state index is -3.94. The standard InChI is InChI=1S/C13H19NO4S2.C8H10O/c1-9(8-20(15,16)17)6-10-7-19-12-5-3-2-4-11(12)18-13(10)14;1-2-7-5-3-4-6-8(7)9/h2-5,9-10,13H,6-8,14H2,1H3,(H,15,16,17);3-6,9H,2H2,1H3. The van der Waals surface area contributed by atoms with Crippen molar-refractivity contribution in [1.29, 1.82) is 0 Å². The first kappa shape index (κ1) is 23.5. The fourth-order valence-electron chi connectivity index (χ4n) is 3.16. The number of hydrogen-bond acceptors (Lipinski definition) is 6. The summed E-state index contributed by atoms with van der Waals surface area (Å²) in [6, 6.07) is 15.1. The molecule has 0 radical (unpaired) electrons. The number of fused-ring (bicyclic) bond motifs is 1. The van der Waals surface area contributed by atoms with Crippen molar-refractivity contribution in [3.63, 3.8) is 0 Å². The lowest BCUT2D eigenvalue weighted by molar-refractivity contribution is 0.137. The Kier molecular flexibility index (Phi) is 8.82. The van der Waals surface area contributed by atoms with Crippen LogP contribution >= 0.6 is 11.8 Å². The summed E-state index contributed by atoms with van der Waals surface area (Å²) in [6.45, 7) is 3.82. The SMILES string of the molecule is CC(CC1CSc2ccccc2OC1N)CS(=O)(=O)O.CCc1ccccc1O. The minimum Gasteiger partial charge on any atom is -0.508 e. The van der Waals surface area contributed by atoms with E-state index in [2.05, 4.69) is 0 Å². The molecule has 2 aromatic carbocycles. The first-order valence-electron chi connectivity index (χ1n) is 9.55. The molecule has 0 saturated carbocycles. The van der Waals surface area contributed by atoms with Crippen LogP contribution in [-0.4, -0.2) is 35.8 Å². The molecule has 0 spiro atoms. The average Bonchev–Trinajstić information content (AvgIpc) is 2.80. The van der Waals surface area contributed by atoms with E-state index in [1.165, 1.54) is 0 Å². The summed E-state index contributed by atoms with van der Waals surface area (Å²) in [7, 11) is -3.94. The Hall–Kier alpha value is -1.74. The van der Waals surface area contributed by atoms with Crippen molar-refractivity contribution in [3.05, 3.63) is 54.1 Å². The number of ether oxygens (including phenoxy) is 1. The fourth-order valence-corrected chi connectivity index (χ4v) is 5.17. The number of aryl methyl sites for hydroxylation is 1. The molecular weight excluding hydrogens is 410 g/mol. The summed E-state index contributed by atoms with van der Waals surface area (Å²) in [6.07, 6.45) is 1.03. The minimum absolute atomic E-state index is 0.0455. The maximum Gasteiger partial charge on any atom is 0.265 e. The molecule has 1 heterocycles. The van der Waals surface area contributed by atoms with Gasteiger partial charge in [0.1, 0.15) is 11.5 Å². The maximum absolute atomic E-state index is 10.9. The van der Waals surface area contributed by atoms with Gasteiger partial charge in [-0.15, -0.1) is 11.8 Å². The summed E-state index contributed by atoms with van der Waals surface area (Å²) in [5.41, 5.74) is 7.07. The second-order valence-electron chi connectivity index (χ2n) is 7.17. The number of thioether (sulfide) groups is 1. The normalized spacial score (nSPS) is 19.7. The first-order valence-corrected chi connectivity index (χ1v) is 12.1. The van der Waals surface area contributed by atoms with Crippen LogP contribution in [0.1, 0.15) is 25.8 Å². The van der Waals surface area contributed by atoms with Gasteiger partial charge < -0.3 is 9.84 Å². The van der Waals surface area contributed by atoms with E-state index in [4.69, 9.17) is 20.1 Å². The van der Waals surface area contributed by atoms with Crippen LogP contribution in [0.2, 0.25) is 0 Å². The van der Waals surface area contributed by atoms with Crippen molar-refractivity contribution in [3.8, 4) is 11.5 Å². The number of hydrogen-bond donors (Lipinski definition) is 3. The molecule has 3 unspecified atom stereocenters. The molecule has 160 valence electrons. The second-order valence-corrected chi connectivity index (χ2v) is 9.73. The lowest BCUT2D eigenvalue weighted by atomic mass is 9.97. The number of phenols is 1. The monoisotopic (exact) mass is 439 g/mol. The molecule has 0 aromatic heterocycles. The Morgan fingerprint density at radius 3 is 2.48 bits per heavy atom. The number of aromatic hydroxyl groups is 1. The summed E-state index contributed by atoms with van der Waals surface area (Å²) < 4.78 is 36.4. The zero-order chi connectivity index (χ0) is 21.4. The predicted octanol–water partition coefficient (Wildman–Crippen LogP) is 3.94. The molecule has 1 aliphatic heterocycles. The highest BCUT2D eigenvalue weighted by Gasteiger charge is 2.27. The zero-order valence-electron chi connectivity index (χ0n) is 16.7. The molecule has 3 atom stereocenters. The maximum atomic E-state index is 10.9. The Labute approximate surface area is 177 Å². The molecule has 2 aromatic rings. The van der Waals surface area contributed by atoms with E-state index in [0.717, 1.165) is 28.4 Å². The van der Waals surface area contributed by atoms with Crippen LogP contribution < -0.4 is 10.5 Å². The molecule has 1 aliphatic rings. The number of para-hydroxylation sites is 2. The van der Waals surface area contributed by atoms with Crippen molar-refractivity contribution in [2.45, 2.75) is 37.8 Å². The number of rotatable bonds is 5. The highest BCUT2D eigenvalue weighted by molar-refractivity contribution is 7.99. The Balaban J connectivity index is 0.000000278. The topological polar surface area (TPSA) is 110 Å². The van der Waals surface area contributed by atoms with Gasteiger partial charge in [0, 0.05) is 16.6 Å². The van der Waals surface area contributed by atoms with E-state index >= 15 is 0 Å². The lowest BCUT2D eigenvalue weighted by Gasteiger charge is -2.23. The van der Waals surface area contributed by atoms with Crippen LogP contribution in [0.3, 0.4) is 0 Å². The molecule has 29 heavy (non-hydrogen) atoms. The van der Waals surface area contributed by atoms with E-state index in [1.54, 1.807) is 24.8 Å². The molecule has 0 amide bonds. The van der Waals surface area contributed by atoms with Crippen LogP contribution in [0.4, 0.5) is 0 Å². The van der Waals surface area contributed by atoms with Gasteiger partial charge in [-0.3, -0.25) is 10.3 Å². The lowest BCUT2D eigenvalue weighted by Crippen LogP contribution is -2.37. The van der Waals surface area contributed by atoms with Crippen LogP contribution in [-0.2, 0) is 16.5 Å². The number of phenolic OH excluding ortho intramolecular Hbond substituents is 1. The van der Waals surface area contributed by atoms with Gasteiger partial charge in [0.2, 0.25) is 0 Å².